The lowest BCUT2D eigenvalue weighted by atomic mass is 10.5. The van der Waals surface area contributed by atoms with Crippen LogP contribution in [0, 0.1) is 0 Å². The number of nitrogens with one attached hydrogen (secondary N) is 1. The van der Waals surface area contributed by atoms with Crippen molar-refractivity contribution in [2.24, 2.45) is 0 Å². The van der Waals surface area contributed by atoms with Gasteiger partial charge in [0.25, 0.3) is 0 Å². The topological polar surface area (TPSA) is 38.3 Å². The number of carbonyl (C=O) groups excluding carboxylic acids is 1. The van der Waals surface area contributed by atoms with Crippen LogP contribution < -0.4 is 5.32 Å². The zero-order valence-electron chi connectivity index (χ0n) is 6.64. The molecule has 0 amide bonds. The molecule has 0 aromatic carbocycles. The summed E-state index contributed by atoms with van der Waals surface area (Å²) in [5.74, 6) is -0.127. The molecule has 0 heterocycles. The highest BCUT2D eigenvalue weighted by atomic mass is 16.5. The zero-order valence-corrected chi connectivity index (χ0v) is 6.64. The van der Waals surface area contributed by atoms with E-state index in [2.05, 4.69) is 5.32 Å². The number of hydrogen-bond acceptors (Lipinski definition) is 3. The Morgan fingerprint density at radius 1 is 1.50 bits per heavy atom. The van der Waals surface area contributed by atoms with Crippen LogP contribution in [0.1, 0.15) is 20.3 Å². The van der Waals surface area contributed by atoms with Crippen LogP contribution in [0.5, 0.6) is 0 Å². The lowest BCUT2D eigenvalue weighted by Crippen LogP contribution is -2.20. The molecule has 10 heavy (non-hydrogen) atoms. The first kappa shape index (κ1) is 9.43. The van der Waals surface area contributed by atoms with E-state index in [-0.39, 0.29) is 5.97 Å². The number of hydrogen-bond donors (Lipinski definition) is 1. The molecule has 0 aliphatic heterocycles. The van der Waals surface area contributed by atoms with E-state index in [0.717, 1.165) is 13.1 Å². The van der Waals surface area contributed by atoms with Crippen LogP contribution in [-0.2, 0) is 9.53 Å². The van der Waals surface area contributed by atoms with Crippen molar-refractivity contribution in [3.05, 3.63) is 0 Å². The minimum absolute atomic E-state index is 0.127. The second-order valence-electron chi connectivity index (χ2n) is 1.93. The maximum atomic E-state index is 10.5. The van der Waals surface area contributed by atoms with Gasteiger partial charge in [-0.3, -0.25) is 4.79 Å². The highest BCUT2D eigenvalue weighted by molar-refractivity contribution is 5.68. The summed E-state index contributed by atoms with van der Waals surface area (Å²) in [6.07, 6.45) is 0.464. The SMILES string of the molecule is CCNCCOC(=O)CC. The van der Waals surface area contributed by atoms with Crippen molar-refractivity contribution < 1.29 is 9.53 Å². The molecule has 0 unspecified atom stereocenters. The molecule has 1 N–H and O–H groups in total. The van der Waals surface area contributed by atoms with Crippen molar-refractivity contribution in [3.63, 3.8) is 0 Å². The Kier molecular flexibility index (Phi) is 6.18. The van der Waals surface area contributed by atoms with E-state index in [1.54, 1.807) is 6.92 Å². The Morgan fingerprint density at radius 3 is 2.70 bits per heavy atom. The van der Waals surface area contributed by atoms with E-state index in [1.807, 2.05) is 6.92 Å². The van der Waals surface area contributed by atoms with Crippen LogP contribution >= 0.6 is 0 Å². The largest absolute Gasteiger partial charge is 0.464 e. The number of carbonyl (C=O) groups is 1. The zero-order chi connectivity index (χ0) is 7.82. The molecule has 0 rings (SSSR count). The normalized spacial score (nSPS) is 9.40. The lowest BCUT2D eigenvalue weighted by molar-refractivity contribution is -0.143. The van der Waals surface area contributed by atoms with Crippen molar-refractivity contribution >= 4 is 5.97 Å². The smallest absolute Gasteiger partial charge is 0.305 e. The predicted molar refractivity (Wildman–Crippen MR) is 39.8 cm³/mol. The summed E-state index contributed by atoms with van der Waals surface area (Å²) < 4.78 is 4.79. The molecule has 0 aromatic heterocycles. The monoisotopic (exact) mass is 145 g/mol. The molecule has 0 aliphatic carbocycles. The van der Waals surface area contributed by atoms with Gasteiger partial charge in [-0.15, -0.1) is 0 Å². The van der Waals surface area contributed by atoms with Gasteiger partial charge in [-0.2, -0.15) is 0 Å². The molecular formula is C7H15NO2. The summed E-state index contributed by atoms with van der Waals surface area (Å²) >= 11 is 0. The van der Waals surface area contributed by atoms with Gasteiger partial charge in [0, 0.05) is 13.0 Å². The van der Waals surface area contributed by atoms with Crippen molar-refractivity contribution in [2.75, 3.05) is 19.7 Å². The second kappa shape index (κ2) is 6.55. The summed E-state index contributed by atoms with van der Waals surface area (Å²) in [5, 5.41) is 3.05. The first-order valence-corrected chi connectivity index (χ1v) is 3.67. The standard InChI is InChI=1S/C7H15NO2/c1-3-7(9)10-6-5-8-4-2/h8H,3-6H2,1-2H3. The van der Waals surface area contributed by atoms with Gasteiger partial charge in [0.15, 0.2) is 0 Å². The fourth-order valence-electron chi connectivity index (χ4n) is 0.516. The van der Waals surface area contributed by atoms with Gasteiger partial charge < -0.3 is 10.1 Å². The summed E-state index contributed by atoms with van der Waals surface area (Å²) in [7, 11) is 0. The minimum atomic E-state index is -0.127. The van der Waals surface area contributed by atoms with Crippen LogP contribution in [0.25, 0.3) is 0 Å². The van der Waals surface area contributed by atoms with Crippen molar-refractivity contribution in [1.82, 2.24) is 5.32 Å². The van der Waals surface area contributed by atoms with Crippen LogP contribution in [0.4, 0.5) is 0 Å². The van der Waals surface area contributed by atoms with E-state index in [9.17, 15) is 4.79 Å². The van der Waals surface area contributed by atoms with Gasteiger partial charge in [0.1, 0.15) is 6.61 Å². The molecule has 0 saturated heterocycles. The fourth-order valence-corrected chi connectivity index (χ4v) is 0.516. The fraction of sp³-hybridized carbons (Fsp3) is 0.857. The maximum absolute atomic E-state index is 10.5. The van der Waals surface area contributed by atoms with Gasteiger partial charge in [-0.25, -0.2) is 0 Å². The first-order chi connectivity index (χ1) is 4.81. The number of ether oxygens (including phenoxy) is 1. The van der Waals surface area contributed by atoms with E-state index < -0.39 is 0 Å². The second-order valence-corrected chi connectivity index (χ2v) is 1.93. The average Bonchev–Trinajstić information content (AvgIpc) is 1.98. The van der Waals surface area contributed by atoms with Crippen molar-refractivity contribution in [2.45, 2.75) is 20.3 Å². The van der Waals surface area contributed by atoms with Gasteiger partial charge in [-0.1, -0.05) is 13.8 Å². The summed E-state index contributed by atoms with van der Waals surface area (Å²) in [5.41, 5.74) is 0. The minimum Gasteiger partial charge on any atom is -0.464 e. The number of rotatable bonds is 5. The molecule has 0 radical (unpaired) electrons. The third kappa shape index (κ3) is 5.56. The molecule has 0 saturated carbocycles. The van der Waals surface area contributed by atoms with Crippen LogP contribution in [0.3, 0.4) is 0 Å². The van der Waals surface area contributed by atoms with E-state index in [0.29, 0.717) is 13.0 Å². The molecule has 0 aromatic rings. The quantitative estimate of drug-likeness (QED) is 0.453. The Hall–Kier alpha value is -0.570. The number of likely N-dealkylation sites (N-methyl/N-ethyl adjacent to an activating group) is 1. The van der Waals surface area contributed by atoms with Gasteiger partial charge >= 0.3 is 5.97 Å². The molecule has 0 fully saturated rings. The maximum Gasteiger partial charge on any atom is 0.305 e. The van der Waals surface area contributed by atoms with Crippen LogP contribution in [0.15, 0.2) is 0 Å². The van der Waals surface area contributed by atoms with Crippen LogP contribution in [0.2, 0.25) is 0 Å². The van der Waals surface area contributed by atoms with Gasteiger partial charge in [0.2, 0.25) is 0 Å². The number of esters is 1. The molecule has 60 valence electrons. The molecular weight excluding hydrogens is 130 g/mol. The Bertz CT molecular complexity index is 93.6. The average molecular weight is 145 g/mol. The summed E-state index contributed by atoms with van der Waals surface area (Å²) in [4.78, 5) is 10.5. The van der Waals surface area contributed by atoms with Crippen LogP contribution in [-0.4, -0.2) is 25.7 Å². The Labute approximate surface area is 61.8 Å². The first-order valence-electron chi connectivity index (χ1n) is 3.67. The molecule has 0 aliphatic rings. The van der Waals surface area contributed by atoms with Gasteiger partial charge in [0.05, 0.1) is 0 Å². The molecule has 0 spiro atoms. The van der Waals surface area contributed by atoms with E-state index in [4.69, 9.17) is 4.74 Å². The molecule has 0 atom stereocenters. The third-order valence-corrected chi connectivity index (χ3v) is 1.08. The van der Waals surface area contributed by atoms with E-state index in [1.165, 1.54) is 0 Å². The summed E-state index contributed by atoms with van der Waals surface area (Å²) in [6, 6.07) is 0. The molecule has 3 heteroatoms. The Balaban J connectivity index is 2.96. The van der Waals surface area contributed by atoms with Crippen molar-refractivity contribution in [1.29, 1.82) is 0 Å². The lowest BCUT2D eigenvalue weighted by Gasteiger charge is -2.02. The Morgan fingerprint density at radius 2 is 2.20 bits per heavy atom. The molecule has 3 nitrogen and oxygen atoms in total. The summed E-state index contributed by atoms with van der Waals surface area (Å²) in [6.45, 7) is 5.96. The van der Waals surface area contributed by atoms with Crippen molar-refractivity contribution in [3.8, 4) is 0 Å². The highest BCUT2D eigenvalue weighted by Crippen LogP contribution is 1.81. The third-order valence-electron chi connectivity index (χ3n) is 1.08. The molecule has 0 bridgehead atoms. The highest BCUT2D eigenvalue weighted by Gasteiger charge is 1.94. The predicted octanol–water partition coefficient (Wildman–Crippen LogP) is 0.549. The van der Waals surface area contributed by atoms with Gasteiger partial charge in [-0.05, 0) is 6.54 Å². The van der Waals surface area contributed by atoms with E-state index >= 15 is 0 Å².